The van der Waals surface area contributed by atoms with Gasteiger partial charge in [-0.3, -0.25) is 0 Å². The molecule has 3 heteroatoms. The van der Waals surface area contributed by atoms with Gasteiger partial charge in [0.2, 0.25) is 0 Å². The molecule has 2 nitrogen and oxygen atoms in total. The molecule has 0 amide bonds. The van der Waals surface area contributed by atoms with E-state index >= 15 is 0 Å². The molecule has 0 bridgehead atoms. The van der Waals surface area contributed by atoms with E-state index in [4.69, 9.17) is 9.47 Å². The third-order valence-corrected chi connectivity index (χ3v) is 4.83. The van der Waals surface area contributed by atoms with Crippen molar-refractivity contribution in [1.82, 2.24) is 0 Å². The van der Waals surface area contributed by atoms with Gasteiger partial charge in [-0.1, -0.05) is 48.2 Å². The minimum Gasteiger partial charge on any atom is -0.349 e. The third kappa shape index (κ3) is 1.89. The molecule has 1 saturated heterocycles. The molecule has 96 valence electrons. The van der Waals surface area contributed by atoms with E-state index in [0.29, 0.717) is 13.2 Å². The second-order valence-electron chi connectivity index (χ2n) is 4.77. The van der Waals surface area contributed by atoms with Gasteiger partial charge in [-0.25, -0.2) is 0 Å². The highest BCUT2D eigenvalue weighted by Gasteiger charge is 2.35. The Bertz CT molecular complexity index is 560. The van der Waals surface area contributed by atoms with E-state index in [-0.39, 0.29) is 12.2 Å². The predicted octanol–water partition coefficient (Wildman–Crippen LogP) is 3.66. The van der Waals surface area contributed by atoms with Crippen molar-refractivity contribution in [2.75, 3.05) is 13.2 Å². The van der Waals surface area contributed by atoms with Gasteiger partial charge in [-0.15, -0.1) is 0 Å². The van der Waals surface area contributed by atoms with Gasteiger partial charge < -0.3 is 9.47 Å². The Morgan fingerprint density at radius 1 is 0.789 bits per heavy atom. The van der Waals surface area contributed by atoms with Crippen molar-refractivity contribution in [2.45, 2.75) is 22.0 Å². The molecule has 0 radical (unpaired) electrons. The molecule has 0 saturated carbocycles. The highest BCUT2D eigenvalue weighted by Crippen LogP contribution is 2.48. The van der Waals surface area contributed by atoms with E-state index in [1.165, 1.54) is 20.9 Å². The summed E-state index contributed by atoms with van der Waals surface area (Å²) in [5, 5.41) is 0. The van der Waals surface area contributed by atoms with Crippen molar-refractivity contribution in [2.24, 2.45) is 0 Å². The first-order valence-electron chi connectivity index (χ1n) is 6.52. The van der Waals surface area contributed by atoms with Crippen molar-refractivity contribution in [3.8, 4) is 0 Å². The van der Waals surface area contributed by atoms with Crippen molar-refractivity contribution >= 4 is 11.8 Å². The maximum absolute atomic E-state index is 5.77. The molecule has 19 heavy (non-hydrogen) atoms. The zero-order valence-electron chi connectivity index (χ0n) is 10.4. The Hall–Kier alpha value is -1.29. The number of ether oxygens (including phenoxy) is 2. The summed E-state index contributed by atoms with van der Waals surface area (Å²) in [5.74, 6) is 0.191. The summed E-state index contributed by atoms with van der Waals surface area (Å²) >= 11 is 1.83. The molecule has 2 aromatic carbocycles. The summed E-state index contributed by atoms with van der Waals surface area (Å²) in [7, 11) is 0. The first kappa shape index (κ1) is 11.5. The molecule has 1 fully saturated rings. The smallest absolute Gasteiger partial charge is 0.168 e. The van der Waals surface area contributed by atoms with Crippen LogP contribution in [0.4, 0.5) is 0 Å². The fraction of sp³-hybridized carbons (Fsp3) is 0.250. The van der Waals surface area contributed by atoms with Crippen LogP contribution in [-0.2, 0) is 9.47 Å². The van der Waals surface area contributed by atoms with Crippen LogP contribution in [0.1, 0.15) is 17.0 Å². The van der Waals surface area contributed by atoms with Gasteiger partial charge in [0.05, 0.1) is 19.1 Å². The van der Waals surface area contributed by atoms with E-state index in [0.717, 1.165) is 0 Å². The Balaban J connectivity index is 1.87. The zero-order valence-corrected chi connectivity index (χ0v) is 11.2. The van der Waals surface area contributed by atoms with E-state index in [9.17, 15) is 0 Å². The van der Waals surface area contributed by atoms with Crippen LogP contribution in [0.3, 0.4) is 0 Å². The van der Waals surface area contributed by atoms with Crippen molar-refractivity contribution in [1.29, 1.82) is 0 Å². The summed E-state index contributed by atoms with van der Waals surface area (Å²) < 4.78 is 11.5. The van der Waals surface area contributed by atoms with Crippen LogP contribution in [0.15, 0.2) is 58.3 Å². The van der Waals surface area contributed by atoms with Gasteiger partial charge in [0, 0.05) is 9.79 Å². The highest BCUT2D eigenvalue weighted by atomic mass is 32.2. The van der Waals surface area contributed by atoms with Gasteiger partial charge in [-0.2, -0.15) is 0 Å². The first-order chi connectivity index (χ1) is 9.43. The molecule has 0 N–H and O–H groups in total. The normalized spacial score (nSPS) is 19.2. The maximum Gasteiger partial charge on any atom is 0.168 e. The number of hydrogen-bond donors (Lipinski definition) is 0. The molecule has 4 rings (SSSR count). The van der Waals surface area contributed by atoms with Crippen molar-refractivity contribution < 1.29 is 9.47 Å². The first-order valence-corrected chi connectivity index (χ1v) is 7.34. The monoisotopic (exact) mass is 270 g/mol. The summed E-state index contributed by atoms with van der Waals surface area (Å²) in [5.41, 5.74) is 2.64. The lowest BCUT2D eigenvalue weighted by atomic mass is 9.90. The topological polar surface area (TPSA) is 18.5 Å². The lowest BCUT2D eigenvalue weighted by Gasteiger charge is -2.30. The van der Waals surface area contributed by atoms with Crippen molar-refractivity contribution in [3.63, 3.8) is 0 Å². The van der Waals surface area contributed by atoms with Gasteiger partial charge in [-0.05, 0) is 23.3 Å². The number of hydrogen-bond acceptors (Lipinski definition) is 3. The van der Waals surface area contributed by atoms with Crippen LogP contribution >= 0.6 is 11.8 Å². The highest BCUT2D eigenvalue weighted by molar-refractivity contribution is 7.99. The van der Waals surface area contributed by atoms with Crippen molar-refractivity contribution in [3.05, 3.63) is 59.7 Å². The quantitative estimate of drug-likeness (QED) is 0.788. The lowest BCUT2D eigenvalue weighted by molar-refractivity contribution is -0.0535. The molecule has 2 heterocycles. The predicted molar refractivity (Wildman–Crippen MR) is 74.5 cm³/mol. The second kappa shape index (κ2) is 4.67. The van der Waals surface area contributed by atoms with Crippen LogP contribution in [0.5, 0.6) is 0 Å². The molecule has 0 atom stereocenters. The Morgan fingerprint density at radius 2 is 1.32 bits per heavy atom. The van der Waals surface area contributed by atoms with Crippen LogP contribution in [0, 0.1) is 0 Å². The summed E-state index contributed by atoms with van der Waals surface area (Å²) in [4.78, 5) is 2.62. The fourth-order valence-electron chi connectivity index (χ4n) is 2.81. The maximum atomic E-state index is 5.77. The van der Waals surface area contributed by atoms with Gasteiger partial charge in [0.25, 0.3) is 0 Å². The van der Waals surface area contributed by atoms with Crippen LogP contribution in [-0.4, -0.2) is 19.5 Å². The molecule has 2 aliphatic heterocycles. The Labute approximate surface area is 116 Å². The van der Waals surface area contributed by atoms with Crippen LogP contribution < -0.4 is 0 Å². The molecule has 0 aromatic heterocycles. The second-order valence-corrected chi connectivity index (χ2v) is 5.85. The Morgan fingerprint density at radius 3 is 1.89 bits per heavy atom. The molecule has 2 aromatic rings. The minimum absolute atomic E-state index is 0.150. The van der Waals surface area contributed by atoms with E-state index < -0.39 is 0 Å². The van der Waals surface area contributed by atoms with Gasteiger partial charge in [0.15, 0.2) is 6.29 Å². The number of fused-ring (bicyclic) bond motifs is 2. The summed E-state index contributed by atoms with van der Waals surface area (Å²) in [6, 6.07) is 17.1. The largest absolute Gasteiger partial charge is 0.349 e. The molecule has 2 aliphatic rings. The standard InChI is InChI=1S/C16H14O2S/c1-3-7-13-11(5-1)15(16-17-9-10-18-16)12-6-2-4-8-14(12)19-13/h1-8,15-16H,9-10H2. The molecular formula is C16H14O2S. The molecule has 0 aliphatic carbocycles. The third-order valence-electron chi connectivity index (χ3n) is 3.65. The van der Waals surface area contributed by atoms with E-state index in [1.54, 1.807) is 0 Å². The lowest BCUT2D eigenvalue weighted by Crippen LogP contribution is -2.23. The zero-order chi connectivity index (χ0) is 12.7. The van der Waals surface area contributed by atoms with Gasteiger partial charge in [0.1, 0.15) is 0 Å². The van der Waals surface area contributed by atoms with Gasteiger partial charge >= 0.3 is 0 Å². The SMILES string of the molecule is c1ccc2c(c1)Sc1ccccc1C2C1OCCO1. The average Bonchev–Trinajstić information content (AvgIpc) is 2.98. The molecule has 0 spiro atoms. The fourth-order valence-corrected chi connectivity index (χ4v) is 3.96. The summed E-state index contributed by atoms with van der Waals surface area (Å²) in [6.07, 6.45) is -0.150. The van der Waals surface area contributed by atoms with E-state index in [2.05, 4.69) is 48.5 Å². The van der Waals surface area contributed by atoms with E-state index in [1.807, 2.05) is 11.8 Å². The summed E-state index contributed by atoms with van der Waals surface area (Å²) in [6.45, 7) is 1.39. The Kier molecular flexibility index (Phi) is 2.84. The molecule has 0 unspecified atom stereocenters. The number of benzene rings is 2. The molecular weight excluding hydrogens is 256 g/mol. The average molecular weight is 270 g/mol. The minimum atomic E-state index is -0.150. The number of rotatable bonds is 1. The van der Waals surface area contributed by atoms with Crippen LogP contribution in [0.2, 0.25) is 0 Å². The van der Waals surface area contributed by atoms with Crippen LogP contribution in [0.25, 0.3) is 0 Å².